The van der Waals surface area contributed by atoms with Gasteiger partial charge in [0.2, 0.25) is 0 Å². The molecule has 1 aromatic carbocycles. The van der Waals surface area contributed by atoms with Crippen molar-refractivity contribution in [3.8, 4) is 0 Å². The van der Waals surface area contributed by atoms with E-state index in [4.69, 9.17) is 0 Å². The summed E-state index contributed by atoms with van der Waals surface area (Å²) in [5, 5.41) is 0.871. The van der Waals surface area contributed by atoms with Gasteiger partial charge in [0.1, 0.15) is 0 Å². The second-order valence-corrected chi connectivity index (χ2v) is 5.00. The molecule has 0 saturated heterocycles. The molecule has 2 aromatic rings. The molecule has 0 N–H and O–H groups in total. The van der Waals surface area contributed by atoms with E-state index in [-0.39, 0.29) is 5.56 Å². The SMILES string of the molecule is CCCCc1ccc2sn(C)c(=O)c2c1. The van der Waals surface area contributed by atoms with Crippen LogP contribution in [0, 0.1) is 0 Å². The Morgan fingerprint density at radius 1 is 1.40 bits per heavy atom. The normalized spacial score (nSPS) is 11.1. The van der Waals surface area contributed by atoms with E-state index in [2.05, 4.69) is 19.1 Å². The predicted molar refractivity (Wildman–Crippen MR) is 65.7 cm³/mol. The highest BCUT2D eigenvalue weighted by Gasteiger charge is 2.05. The lowest BCUT2D eigenvalue weighted by Crippen LogP contribution is -2.07. The van der Waals surface area contributed by atoms with E-state index in [1.54, 1.807) is 3.96 Å². The molecule has 0 aliphatic carbocycles. The number of unbranched alkanes of at least 4 members (excludes halogenated alkanes) is 1. The molecule has 3 heteroatoms. The minimum atomic E-state index is 0.133. The number of aryl methyl sites for hydroxylation is 2. The first kappa shape index (κ1) is 10.4. The maximum Gasteiger partial charge on any atom is 0.268 e. The Morgan fingerprint density at radius 3 is 2.93 bits per heavy atom. The Kier molecular flexibility index (Phi) is 2.91. The molecule has 0 spiro atoms. The van der Waals surface area contributed by atoms with Gasteiger partial charge in [-0.1, -0.05) is 30.9 Å². The van der Waals surface area contributed by atoms with Crippen LogP contribution in [0.4, 0.5) is 0 Å². The average Bonchev–Trinajstić information content (AvgIpc) is 2.52. The van der Waals surface area contributed by atoms with Crippen LogP contribution in [0.2, 0.25) is 0 Å². The summed E-state index contributed by atoms with van der Waals surface area (Å²) < 4.78 is 2.77. The minimum Gasteiger partial charge on any atom is -0.268 e. The van der Waals surface area contributed by atoms with Gasteiger partial charge in [-0.25, -0.2) is 0 Å². The first-order valence-electron chi connectivity index (χ1n) is 5.31. The van der Waals surface area contributed by atoms with E-state index in [0.29, 0.717) is 0 Å². The number of benzene rings is 1. The zero-order chi connectivity index (χ0) is 10.8. The molecule has 1 aromatic heterocycles. The molecule has 0 aliphatic rings. The van der Waals surface area contributed by atoms with Crippen molar-refractivity contribution in [2.45, 2.75) is 26.2 Å². The molecule has 0 amide bonds. The summed E-state index contributed by atoms with van der Waals surface area (Å²) in [5.74, 6) is 0. The first-order valence-corrected chi connectivity index (χ1v) is 6.08. The third-order valence-electron chi connectivity index (χ3n) is 2.61. The predicted octanol–water partition coefficient (Wildman–Crippen LogP) is 2.94. The third-order valence-corrected chi connectivity index (χ3v) is 3.61. The Balaban J connectivity index is 2.45. The average molecular weight is 221 g/mol. The van der Waals surface area contributed by atoms with Gasteiger partial charge in [0.25, 0.3) is 5.56 Å². The van der Waals surface area contributed by atoms with Crippen molar-refractivity contribution in [1.29, 1.82) is 0 Å². The van der Waals surface area contributed by atoms with Crippen LogP contribution >= 0.6 is 11.5 Å². The third kappa shape index (κ3) is 1.97. The summed E-state index contributed by atoms with van der Waals surface area (Å²) in [7, 11) is 1.82. The number of hydrogen-bond donors (Lipinski definition) is 0. The lowest BCUT2D eigenvalue weighted by molar-refractivity contribution is 0.796. The number of rotatable bonds is 3. The molecule has 0 fully saturated rings. The highest BCUT2D eigenvalue weighted by atomic mass is 32.1. The van der Waals surface area contributed by atoms with E-state index in [1.807, 2.05) is 13.1 Å². The van der Waals surface area contributed by atoms with E-state index in [0.717, 1.165) is 16.5 Å². The zero-order valence-electron chi connectivity index (χ0n) is 9.12. The number of nitrogens with zero attached hydrogens (tertiary/aromatic N) is 1. The molecule has 0 atom stereocenters. The van der Waals surface area contributed by atoms with Crippen molar-refractivity contribution in [2.75, 3.05) is 0 Å². The van der Waals surface area contributed by atoms with Crippen molar-refractivity contribution in [2.24, 2.45) is 7.05 Å². The Hall–Kier alpha value is -1.09. The molecular formula is C12H15NOS. The summed E-state index contributed by atoms with van der Waals surface area (Å²) in [6.07, 6.45) is 3.46. The van der Waals surface area contributed by atoms with Gasteiger partial charge in [-0.15, -0.1) is 0 Å². The molecule has 2 nitrogen and oxygen atoms in total. The molecule has 80 valence electrons. The van der Waals surface area contributed by atoms with Crippen molar-refractivity contribution in [3.63, 3.8) is 0 Å². The van der Waals surface area contributed by atoms with Crippen LogP contribution in [0.3, 0.4) is 0 Å². The van der Waals surface area contributed by atoms with Crippen LogP contribution in [-0.2, 0) is 13.5 Å². The van der Waals surface area contributed by atoms with Crippen LogP contribution < -0.4 is 5.56 Å². The maximum absolute atomic E-state index is 11.7. The lowest BCUT2D eigenvalue weighted by Gasteiger charge is -1.98. The van der Waals surface area contributed by atoms with Crippen LogP contribution in [0.1, 0.15) is 25.3 Å². The summed E-state index contributed by atoms with van der Waals surface area (Å²) >= 11 is 1.52. The van der Waals surface area contributed by atoms with E-state index < -0.39 is 0 Å². The molecular weight excluding hydrogens is 206 g/mol. The summed E-state index contributed by atoms with van der Waals surface area (Å²) in [6.45, 7) is 2.18. The van der Waals surface area contributed by atoms with Crippen molar-refractivity contribution < 1.29 is 0 Å². The van der Waals surface area contributed by atoms with Crippen LogP contribution in [0.5, 0.6) is 0 Å². The minimum absolute atomic E-state index is 0.133. The summed E-state index contributed by atoms with van der Waals surface area (Å²) in [5.41, 5.74) is 1.41. The summed E-state index contributed by atoms with van der Waals surface area (Å²) in [4.78, 5) is 11.7. The largest absolute Gasteiger partial charge is 0.268 e. The lowest BCUT2D eigenvalue weighted by atomic mass is 10.1. The van der Waals surface area contributed by atoms with Gasteiger partial charge in [-0.2, -0.15) is 0 Å². The van der Waals surface area contributed by atoms with Gasteiger partial charge in [0.05, 0.1) is 10.1 Å². The Labute approximate surface area is 93.3 Å². The number of hydrogen-bond acceptors (Lipinski definition) is 2. The molecule has 2 rings (SSSR count). The van der Waals surface area contributed by atoms with Crippen molar-refractivity contribution >= 4 is 21.6 Å². The van der Waals surface area contributed by atoms with Gasteiger partial charge in [0.15, 0.2) is 0 Å². The molecule has 1 heterocycles. The van der Waals surface area contributed by atoms with Gasteiger partial charge < -0.3 is 0 Å². The standard InChI is InChI=1S/C12H15NOS/c1-3-4-5-9-6-7-11-10(8-9)12(14)13(2)15-11/h6-8H,3-5H2,1-2H3. The fraction of sp³-hybridized carbons (Fsp3) is 0.417. The molecule has 0 radical (unpaired) electrons. The van der Waals surface area contributed by atoms with E-state index in [9.17, 15) is 4.79 Å². The highest BCUT2D eigenvalue weighted by Crippen LogP contribution is 2.18. The monoisotopic (exact) mass is 221 g/mol. The molecule has 0 saturated carbocycles. The first-order chi connectivity index (χ1) is 7.22. The number of fused-ring (bicyclic) bond motifs is 1. The second-order valence-electron chi connectivity index (χ2n) is 3.83. The zero-order valence-corrected chi connectivity index (χ0v) is 9.93. The van der Waals surface area contributed by atoms with Crippen molar-refractivity contribution in [3.05, 3.63) is 34.1 Å². The van der Waals surface area contributed by atoms with Gasteiger partial charge >= 0.3 is 0 Å². The number of aromatic nitrogens is 1. The topological polar surface area (TPSA) is 22.0 Å². The van der Waals surface area contributed by atoms with Gasteiger partial charge in [-0.3, -0.25) is 8.75 Å². The van der Waals surface area contributed by atoms with E-state index >= 15 is 0 Å². The second kappa shape index (κ2) is 4.19. The van der Waals surface area contributed by atoms with Gasteiger partial charge in [-0.05, 0) is 30.5 Å². The molecule has 0 aliphatic heterocycles. The Bertz CT molecular complexity index is 524. The van der Waals surface area contributed by atoms with Crippen LogP contribution in [0.25, 0.3) is 10.1 Å². The molecule has 15 heavy (non-hydrogen) atoms. The highest BCUT2D eigenvalue weighted by molar-refractivity contribution is 7.13. The van der Waals surface area contributed by atoms with Crippen LogP contribution in [-0.4, -0.2) is 3.96 Å². The van der Waals surface area contributed by atoms with Gasteiger partial charge in [0, 0.05) is 7.05 Å². The fourth-order valence-electron chi connectivity index (χ4n) is 1.72. The smallest absolute Gasteiger partial charge is 0.268 e. The maximum atomic E-state index is 11.7. The fourth-order valence-corrected chi connectivity index (χ4v) is 2.57. The quantitative estimate of drug-likeness (QED) is 0.781. The van der Waals surface area contributed by atoms with E-state index in [1.165, 1.54) is 29.9 Å². The summed E-state index contributed by atoms with van der Waals surface area (Å²) in [6, 6.07) is 6.24. The van der Waals surface area contributed by atoms with Crippen molar-refractivity contribution in [1.82, 2.24) is 3.96 Å². The Morgan fingerprint density at radius 2 is 2.20 bits per heavy atom. The van der Waals surface area contributed by atoms with Crippen LogP contribution in [0.15, 0.2) is 23.0 Å². The molecule has 0 unspecified atom stereocenters. The molecule has 0 bridgehead atoms.